The number of halogens is 2. The molecule has 1 aliphatic rings. The zero-order valence-corrected chi connectivity index (χ0v) is 19.6. The molecule has 1 fully saturated rings. The number of amides is 1. The first-order valence-corrected chi connectivity index (χ1v) is 11.7. The number of benzene rings is 2. The van der Waals surface area contributed by atoms with Gasteiger partial charge in [-0.25, -0.2) is 4.98 Å². The molecule has 0 spiro atoms. The minimum atomic E-state index is 0.0902. The first-order valence-electron chi connectivity index (χ1n) is 10.5. The minimum Gasteiger partial charge on any atom is -0.367 e. The summed E-state index contributed by atoms with van der Waals surface area (Å²) in [6.45, 7) is 1.42. The Bertz CT molecular complexity index is 1270. The Kier molecular flexibility index (Phi) is 5.85. The van der Waals surface area contributed by atoms with Crippen LogP contribution in [0.15, 0.2) is 71.3 Å². The van der Waals surface area contributed by atoms with Gasteiger partial charge in [-0.05, 0) is 47.0 Å². The molecule has 1 aliphatic heterocycles. The Morgan fingerprint density at radius 2 is 1.78 bits per heavy atom. The molecule has 3 heterocycles. The Morgan fingerprint density at radius 3 is 2.53 bits per heavy atom. The molecule has 1 N–H and O–H groups in total. The monoisotopic (exact) mass is 509 g/mol. The third kappa shape index (κ3) is 4.10. The number of aromatic nitrogens is 3. The highest BCUT2D eigenvalue weighted by atomic mass is 79.9. The number of carbonyl (C=O) groups excluding carboxylic acids is 1. The van der Waals surface area contributed by atoms with Gasteiger partial charge in [0.1, 0.15) is 5.82 Å². The number of likely N-dealkylation sites (tertiary alicyclic amines) is 1. The lowest BCUT2D eigenvalue weighted by molar-refractivity contribution is 0.0718. The Hall–Kier alpha value is -2.90. The molecule has 4 aromatic rings. The van der Waals surface area contributed by atoms with E-state index in [1.54, 1.807) is 10.7 Å². The molecule has 2 aromatic carbocycles. The fraction of sp³-hybridized carbons (Fsp3) is 0.208. The van der Waals surface area contributed by atoms with E-state index in [4.69, 9.17) is 16.6 Å². The molecule has 162 valence electrons. The predicted molar refractivity (Wildman–Crippen MR) is 130 cm³/mol. The Morgan fingerprint density at radius 1 is 1.06 bits per heavy atom. The van der Waals surface area contributed by atoms with Crippen LogP contribution in [0.3, 0.4) is 0 Å². The van der Waals surface area contributed by atoms with Gasteiger partial charge in [0, 0.05) is 41.3 Å². The van der Waals surface area contributed by atoms with Crippen LogP contribution in [0, 0.1) is 0 Å². The number of hydrogen-bond acceptors (Lipinski definition) is 4. The molecule has 0 radical (unpaired) electrons. The summed E-state index contributed by atoms with van der Waals surface area (Å²) in [4.78, 5) is 19.4. The van der Waals surface area contributed by atoms with E-state index < -0.39 is 0 Å². The van der Waals surface area contributed by atoms with Crippen molar-refractivity contribution in [2.45, 2.75) is 18.9 Å². The molecular formula is C24H21BrClN5O. The number of nitrogens with one attached hydrogen (secondary N) is 1. The first kappa shape index (κ1) is 21.0. The van der Waals surface area contributed by atoms with E-state index in [9.17, 15) is 4.79 Å². The average Bonchev–Trinajstić information content (AvgIpc) is 3.21. The van der Waals surface area contributed by atoms with Crippen molar-refractivity contribution in [3.63, 3.8) is 0 Å². The van der Waals surface area contributed by atoms with Gasteiger partial charge in [-0.1, -0.05) is 48.0 Å². The Labute approximate surface area is 199 Å². The maximum Gasteiger partial charge on any atom is 0.253 e. The van der Waals surface area contributed by atoms with Gasteiger partial charge in [0.2, 0.25) is 0 Å². The summed E-state index contributed by atoms with van der Waals surface area (Å²) in [6.07, 6.45) is 3.45. The van der Waals surface area contributed by atoms with Crippen molar-refractivity contribution < 1.29 is 4.79 Å². The number of nitrogens with zero attached hydrogens (tertiary/aromatic N) is 4. The summed E-state index contributed by atoms with van der Waals surface area (Å²) < 4.78 is 2.61. The second-order valence-electron chi connectivity index (χ2n) is 7.81. The van der Waals surface area contributed by atoms with Crippen molar-refractivity contribution in [2.24, 2.45) is 0 Å². The molecule has 32 heavy (non-hydrogen) atoms. The maximum absolute atomic E-state index is 12.7. The highest BCUT2D eigenvalue weighted by Gasteiger charge is 2.24. The normalized spacial score (nSPS) is 14.6. The lowest BCUT2D eigenvalue weighted by Gasteiger charge is -2.33. The van der Waals surface area contributed by atoms with Crippen LogP contribution in [0.4, 0.5) is 5.82 Å². The number of rotatable bonds is 4. The third-order valence-electron chi connectivity index (χ3n) is 5.73. The van der Waals surface area contributed by atoms with Gasteiger partial charge >= 0.3 is 0 Å². The lowest BCUT2D eigenvalue weighted by Crippen LogP contribution is -2.42. The van der Waals surface area contributed by atoms with Crippen LogP contribution in [0.2, 0.25) is 5.02 Å². The van der Waals surface area contributed by atoms with Crippen LogP contribution in [0.5, 0.6) is 0 Å². The number of fused-ring (bicyclic) bond motifs is 1. The van der Waals surface area contributed by atoms with Crippen LogP contribution in [-0.4, -0.2) is 44.5 Å². The Balaban J connectivity index is 1.37. The summed E-state index contributed by atoms with van der Waals surface area (Å²) in [5, 5.41) is 8.75. The highest BCUT2D eigenvalue weighted by molar-refractivity contribution is 9.10. The molecule has 8 heteroatoms. The van der Waals surface area contributed by atoms with Crippen molar-refractivity contribution in [2.75, 3.05) is 18.4 Å². The molecule has 0 aliphatic carbocycles. The van der Waals surface area contributed by atoms with Gasteiger partial charge in [0.15, 0.2) is 5.65 Å². The first-order chi connectivity index (χ1) is 15.6. The molecular weight excluding hydrogens is 490 g/mol. The van der Waals surface area contributed by atoms with Crippen LogP contribution in [-0.2, 0) is 0 Å². The second-order valence-corrected chi connectivity index (χ2v) is 9.07. The van der Waals surface area contributed by atoms with Gasteiger partial charge in [-0.3, -0.25) is 4.79 Å². The standard InChI is InChI=1S/C24H21BrClN5O/c25-19-15-27-31-22(14-21(29-23(19)31)18-8-4-5-9-20(18)26)28-17-10-12-30(13-11-17)24(32)16-6-2-1-3-7-16/h1-9,14-15,17,28H,10-13H2. The fourth-order valence-electron chi connectivity index (χ4n) is 4.05. The van der Waals surface area contributed by atoms with Gasteiger partial charge < -0.3 is 10.2 Å². The highest BCUT2D eigenvalue weighted by Crippen LogP contribution is 2.31. The summed E-state index contributed by atoms with van der Waals surface area (Å²) >= 11 is 9.98. The van der Waals surface area contributed by atoms with Gasteiger partial charge in [-0.15, -0.1) is 0 Å². The largest absolute Gasteiger partial charge is 0.367 e. The van der Waals surface area contributed by atoms with Crippen LogP contribution in [0.1, 0.15) is 23.2 Å². The molecule has 0 saturated carbocycles. The summed E-state index contributed by atoms with van der Waals surface area (Å²) in [5.74, 6) is 0.941. The quantitative estimate of drug-likeness (QED) is 0.392. The van der Waals surface area contributed by atoms with E-state index in [2.05, 4.69) is 26.3 Å². The molecule has 0 atom stereocenters. The van der Waals surface area contributed by atoms with Crippen molar-refractivity contribution in [1.29, 1.82) is 0 Å². The van der Waals surface area contributed by atoms with E-state index >= 15 is 0 Å². The summed E-state index contributed by atoms with van der Waals surface area (Å²) in [5.41, 5.74) is 3.11. The van der Waals surface area contributed by atoms with E-state index in [0.29, 0.717) is 18.1 Å². The number of hydrogen-bond donors (Lipinski definition) is 1. The van der Waals surface area contributed by atoms with Crippen LogP contribution < -0.4 is 5.32 Å². The van der Waals surface area contributed by atoms with Crippen molar-refractivity contribution in [3.8, 4) is 11.3 Å². The molecule has 2 aromatic heterocycles. The van der Waals surface area contributed by atoms with Crippen molar-refractivity contribution in [1.82, 2.24) is 19.5 Å². The van der Waals surface area contributed by atoms with Gasteiger partial charge in [0.25, 0.3) is 5.91 Å². The maximum atomic E-state index is 12.7. The zero-order valence-electron chi connectivity index (χ0n) is 17.2. The predicted octanol–water partition coefficient (Wildman–Crippen LogP) is 5.53. The molecule has 1 saturated heterocycles. The van der Waals surface area contributed by atoms with E-state index in [1.807, 2.05) is 65.6 Å². The smallest absolute Gasteiger partial charge is 0.253 e. The van der Waals surface area contributed by atoms with Crippen LogP contribution in [0.25, 0.3) is 16.9 Å². The third-order valence-corrected chi connectivity index (χ3v) is 6.62. The van der Waals surface area contributed by atoms with E-state index in [-0.39, 0.29) is 11.9 Å². The summed E-state index contributed by atoms with van der Waals surface area (Å²) in [6, 6.07) is 19.3. The summed E-state index contributed by atoms with van der Waals surface area (Å²) in [7, 11) is 0. The van der Waals surface area contributed by atoms with Gasteiger partial charge in [0.05, 0.1) is 16.4 Å². The molecule has 0 bridgehead atoms. The second kappa shape index (κ2) is 8.92. The fourth-order valence-corrected chi connectivity index (χ4v) is 4.63. The average molecular weight is 511 g/mol. The number of anilines is 1. The number of piperidine rings is 1. The number of carbonyl (C=O) groups is 1. The van der Waals surface area contributed by atoms with Gasteiger partial charge in [-0.2, -0.15) is 9.61 Å². The topological polar surface area (TPSA) is 62.5 Å². The molecule has 0 unspecified atom stereocenters. The zero-order chi connectivity index (χ0) is 22.1. The molecule has 1 amide bonds. The minimum absolute atomic E-state index is 0.0902. The molecule has 6 nitrogen and oxygen atoms in total. The van der Waals surface area contributed by atoms with Crippen molar-refractivity contribution in [3.05, 3.63) is 81.9 Å². The lowest BCUT2D eigenvalue weighted by atomic mass is 10.0. The SMILES string of the molecule is O=C(c1ccccc1)N1CCC(Nc2cc(-c3ccccc3Cl)nc3c(Br)cnn23)CC1. The van der Waals surface area contributed by atoms with Crippen molar-refractivity contribution >= 4 is 44.9 Å². The van der Waals surface area contributed by atoms with Crippen LogP contribution >= 0.6 is 27.5 Å². The van der Waals surface area contributed by atoms with E-state index in [0.717, 1.165) is 45.6 Å². The van der Waals surface area contributed by atoms with E-state index in [1.165, 1.54) is 0 Å². The molecule has 5 rings (SSSR count).